The molecule has 3 aliphatic heterocycles. The van der Waals surface area contributed by atoms with Crippen LogP contribution >= 0.6 is 15.9 Å². The third kappa shape index (κ3) is 2.67. The number of carbonyl (C=O) groups is 3. The van der Waals surface area contributed by atoms with Crippen LogP contribution < -0.4 is 9.64 Å². The SMILES string of the molecule is CCOC(=O)[C@@H]1[C@H]2COc3ccc(Br)cc3[C@@H]2N2C(=O)N(c3ccccc3)C(=O)[C@]12C. The lowest BCUT2D eigenvalue weighted by atomic mass is 9.77. The number of benzene rings is 2. The number of para-hydroxylation sites is 1. The number of amides is 3. The van der Waals surface area contributed by atoms with E-state index in [1.807, 2.05) is 24.3 Å². The van der Waals surface area contributed by atoms with Crippen LogP contribution in [0.15, 0.2) is 53.0 Å². The van der Waals surface area contributed by atoms with Gasteiger partial charge in [0, 0.05) is 16.0 Å². The van der Waals surface area contributed by atoms with Gasteiger partial charge in [-0.2, -0.15) is 0 Å². The van der Waals surface area contributed by atoms with Crippen LogP contribution in [0.1, 0.15) is 25.5 Å². The number of carbonyl (C=O) groups excluding carboxylic acids is 3. The van der Waals surface area contributed by atoms with E-state index >= 15 is 0 Å². The first-order valence-corrected chi connectivity index (χ1v) is 11.0. The Labute approximate surface area is 188 Å². The number of ether oxygens (including phenoxy) is 2. The molecule has 0 unspecified atom stereocenters. The van der Waals surface area contributed by atoms with Gasteiger partial charge in [-0.1, -0.05) is 34.1 Å². The first-order chi connectivity index (χ1) is 14.9. The van der Waals surface area contributed by atoms with Gasteiger partial charge in [0.1, 0.15) is 11.3 Å². The summed E-state index contributed by atoms with van der Waals surface area (Å²) in [4.78, 5) is 43.3. The summed E-state index contributed by atoms with van der Waals surface area (Å²) in [5.41, 5.74) is -0.115. The second-order valence-corrected chi connectivity index (χ2v) is 9.02. The molecule has 0 bridgehead atoms. The summed E-state index contributed by atoms with van der Waals surface area (Å²) < 4.78 is 12.2. The minimum Gasteiger partial charge on any atom is -0.493 e. The molecule has 0 N–H and O–H groups in total. The fourth-order valence-electron chi connectivity index (χ4n) is 5.27. The van der Waals surface area contributed by atoms with E-state index in [0.29, 0.717) is 11.4 Å². The number of urea groups is 1. The van der Waals surface area contributed by atoms with Crippen LogP contribution in [0.5, 0.6) is 5.75 Å². The smallest absolute Gasteiger partial charge is 0.332 e. The van der Waals surface area contributed by atoms with Crippen molar-refractivity contribution in [1.82, 2.24) is 4.90 Å². The molecule has 2 aromatic carbocycles. The van der Waals surface area contributed by atoms with Crippen molar-refractivity contribution < 1.29 is 23.9 Å². The van der Waals surface area contributed by atoms with Gasteiger partial charge in [-0.15, -0.1) is 0 Å². The van der Waals surface area contributed by atoms with E-state index < -0.39 is 41.3 Å². The number of hydrogen-bond donors (Lipinski definition) is 0. The van der Waals surface area contributed by atoms with E-state index in [0.717, 1.165) is 10.0 Å². The molecular weight excluding hydrogens is 464 g/mol. The van der Waals surface area contributed by atoms with E-state index in [2.05, 4.69) is 15.9 Å². The molecule has 3 amide bonds. The Bertz CT molecular complexity index is 1090. The predicted molar refractivity (Wildman–Crippen MR) is 116 cm³/mol. The van der Waals surface area contributed by atoms with Crippen molar-refractivity contribution in [3.63, 3.8) is 0 Å². The number of fused-ring (bicyclic) bond motifs is 5. The normalized spacial score (nSPS) is 28.7. The maximum atomic E-state index is 13.8. The van der Waals surface area contributed by atoms with Crippen molar-refractivity contribution in [2.75, 3.05) is 18.1 Å². The summed E-state index contributed by atoms with van der Waals surface area (Å²) in [6.45, 7) is 3.82. The van der Waals surface area contributed by atoms with Crippen molar-refractivity contribution in [3.05, 3.63) is 58.6 Å². The Morgan fingerprint density at radius 3 is 2.68 bits per heavy atom. The van der Waals surface area contributed by atoms with Gasteiger partial charge in [-0.25, -0.2) is 9.69 Å². The van der Waals surface area contributed by atoms with Gasteiger partial charge in [0.15, 0.2) is 0 Å². The van der Waals surface area contributed by atoms with Crippen LogP contribution in [0.25, 0.3) is 0 Å². The standard InChI is InChI=1S/C23H21BrN2O5/c1-3-30-20(27)18-16-12-31-17-10-9-13(24)11-15(17)19(16)26-22(29)25(21(28)23(18,26)2)14-7-5-4-6-8-14/h4-11,16,18-19H,3,12H2,1-2H3/t16-,18+,19+,23+/m1/s1. The Morgan fingerprint density at radius 2 is 1.97 bits per heavy atom. The van der Waals surface area contributed by atoms with Gasteiger partial charge >= 0.3 is 12.0 Å². The van der Waals surface area contributed by atoms with E-state index in [1.165, 1.54) is 4.90 Å². The molecule has 31 heavy (non-hydrogen) atoms. The lowest BCUT2D eigenvalue weighted by Gasteiger charge is -2.34. The number of hydrogen-bond acceptors (Lipinski definition) is 5. The van der Waals surface area contributed by atoms with Gasteiger partial charge in [0.25, 0.3) is 5.91 Å². The fourth-order valence-corrected chi connectivity index (χ4v) is 5.65. The molecule has 4 atom stereocenters. The first-order valence-electron chi connectivity index (χ1n) is 10.2. The molecule has 2 saturated heterocycles. The molecule has 0 radical (unpaired) electrons. The molecular formula is C23H21BrN2O5. The minimum absolute atomic E-state index is 0.191. The number of esters is 1. The highest BCUT2D eigenvalue weighted by molar-refractivity contribution is 9.10. The molecule has 7 nitrogen and oxygen atoms in total. The third-order valence-electron chi connectivity index (χ3n) is 6.53. The number of imide groups is 1. The molecule has 0 spiro atoms. The van der Waals surface area contributed by atoms with Gasteiger partial charge in [0.05, 0.1) is 30.9 Å². The molecule has 8 heteroatoms. The van der Waals surface area contributed by atoms with Crippen LogP contribution in [-0.4, -0.2) is 41.6 Å². The summed E-state index contributed by atoms with van der Waals surface area (Å²) in [6.07, 6.45) is 0. The molecule has 0 aliphatic carbocycles. The number of rotatable bonds is 3. The van der Waals surface area contributed by atoms with E-state index in [9.17, 15) is 14.4 Å². The molecule has 2 fully saturated rings. The van der Waals surface area contributed by atoms with Gasteiger partial charge in [-0.3, -0.25) is 9.59 Å². The Kier molecular flexibility index (Phi) is 4.58. The van der Waals surface area contributed by atoms with Crippen LogP contribution in [0, 0.1) is 11.8 Å². The highest BCUT2D eigenvalue weighted by atomic mass is 79.9. The number of halogens is 1. The summed E-state index contributed by atoms with van der Waals surface area (Å²) >= 11 is 3.49. The van der Waals surface area contributed by atoms with Crippen LogP contribution in [-0.2, 0) is 14.3 Å². The molecule has 0 saturated carbocycles. The van der Waals surface area contributed by atoms with Crippen LogP contribution in [0.2, 0.25) is 0 Å². The van der Waals surface area contributed by atoms with Crippen molar-refractivity contribution in [2.45, 2.75) is 25.4 Å². The zero-order chi connectivity index (χ0) is 21.9. The van der Waals surface area contributed by atoms with E-state index in [4.69, 9.17) is 9.47 Å². The summed E-state index contributed by atoms with van der Waals surface area (Å²) in [5.74, 6) is -1.49. The molecule has 5 rings (SSSR count). The second-order valence-electron chi connectivity index (χ2n) is 8.11. The lowest BCUT2D eigenvalue weighted by Crippen LogP contribution is -2.51. The quantitative estimate of drug-likeness (QED) is 0.487. The average Bonchev–Trinajstić information content (AvgIpc) is 3.14. The minimum atomic E-state index is -1.37. The number of anilines is 1. The third-order valence-corrected chi connectivity index (χ3v) is 7.02. The summed E-state index contributed by atoms with van der Waals surface area (Å²) in [6, 6.07) is 13.5. The van der Waals surface area contributed by atoms with Crippen molar-refractivity contribution >= 4 is 39.5 Å². The van der Waals surface area contributed by atoms with Crippen LogP contribution in [0.3, 0.4) is 0 Å². The highest BCUT2D eigenvalue weighted by Gasteiger charge is 2.72. The molecule has 3 heterocycles. The highest BCUT2D eigenvalue weighted by Crippen LogP contribution is 2.58. The van der Waals surface area contributed by atoms with E-state index in [-0.39, 0.29) is 13.2 Å². The average molecular weight is 485 g/mol. The fraction of sp³-hybridized carbons (Fsp3) is 0.348. The zero-order valence-corrected chi connectivity index (χ0v) is 18.7. The molecule has 160 valence electrons. The summed E-state index contributed by atoms with van der Waals surface area (Å²) in [7, 11) is 0. The van der Waals surface area contributed by atoms with Crippen molar-refractivity contribution in [2.24, 2.45) is 11.8 Å². The molecule has 3 aliphatic rings. The maximum absolute atomic E-state index is 13.8. The van der Waals surface area contributed by atoms with Crippen molar-refractivity contribution in [3.8, 4) is 5.75 Å². The number of nitrogens with zero attached hydrogens (tertiary/aromatic N) is 2. The maximum Gasteiger partial charge on any atom is 0.332 e. The molecule has 2 aromatic rings. The Balaban J connectivity index is 1.70. The monoisotopic (exact) mass is 484 g/mol. The van der Waals surface area contributed by atoms with Crippen molar-refractivity contribution in [1.29, 1.82) is 0 Å². The second kappa shape index (κ2) is 7.09. The zero-order valence-electron chi connectivity index (χ0n) is 17.1. The molecule has 0 aromatic heterocycles. The topological polar surface area (TPSA) is 76.2 Å². The summed E-state index contributed by atoms with van der Waals surface area (Å²) in [5, 5.41) is 0. The van der Waals surface area contributed by atoms with Gasteiger partial charge in [-0.05, 0) is 44.2 Å². The lowest BCUT2D eigenvalue weighted by molar-refractivity contribution is -0.154. The largest absolute Gasteiger partial charge is 0.493 e. The predicted octanol–water partition coefficient (Wildman–Crippen LogP) is 3.92. The first kappa shape index (κ1) is 20.1. The van der Waals surface area contributed by atoms with E-state index in [1.54, 1.807) is 43.0 Å². The Hall–Kier alpha value is -2.87. The van der Waals surface area contributed by atoms with Gasteiger partial charge in [0.2, 0.25) is 0 Å². The van der Waals surface area contributed by atoms with Gasteiger partial charge < -0.3 is 14.4 Å². The van der Waals surface area contributed by atoms with Crippen LogP contribution in [0.4, 0.5) is 10.5 Å². The Morgan fingerprint density at radius 1 is 1.23 bits per heavy atom.